The molecular formula is C15H25NO4. The van der Waals surface area contributed by atoms with Gasteiger partial charge in [0.15, 0.2) is 0 Å². The molecule has 0 aliphatic heterocycles. The normalized spacial score (nSPS) is 23.9. The summed E-state index contributed by atoms with van der Waals surface area (Å²) in [6.45, 7) is 3.51. The van der Waals surface area contributed by atoms with Crippen LogP contribution in [0.25, 0.3) is 0 Å². The van der Waals surface area contributed by atoms with Crippen LogP contribution in [0.4, 0.5) is 0 Å². The average molecular weight is 283 g/mol. The van der Waals surface area contributed by atoms with E-state index in [1.807, 2.05) is 0 Å². The number of rotatable bonds is 7. The molecule has 1 fully saturated rings. The summed E-state index contributed by atoms with van der Waals surface area (Å²) in [6.07, 6.45) is 6.56. The molecule has 114 valence electrons. The van der Waals surface area contributed by atoms with Gasteiger partial charge in [-0.3, -0.25) is 4.79 Å². The molecule has 0 unspecified atom stereocenters. The van der Waals surface area contributed by atoms with Gasteiger partial charge in [-0.1, -0.05) is 31.3 Å². The number of carbonyl (C=O) groups excluding carboxylic acids is 2. The fourth-order valence-electron chi connectivity index (χ4n) is 2.79. The lowest BCUT2D eigenvalue weighted by Gasteiger charge is -2.18. The minimum absolute atomic E-state index is 0.177. The zero-order chi connectivity index (χ0) is 15.0. The van der Waals surface area contributed by atoms with Crippen LogP contribution in [0.5, 0.6) is 0 Å². The summed E-state index contributed by atoms with van der Waals surface area (Å²) in [5.74, 6) is -0.0842. The van der Waals surface area contributed by atoms with Crippen molar-refractivity contribution in [2.45, 2.75) is 58.8 Å². The molecule has 0 saturated heterocycles. The molecule has 0 N–H and O–H groups in total. The van der Waals surface area contributed by atoms with Crippen LogP contribution < -0.4 is 0 Å². The molecular weight excluding hydrogens is 258 g/mol. The predicted octanol–water partition coefficient (Wildman–Crippen LogP) is 3.08. The Hall–Kier alpha value is -1.39. The summed E-state index contributed by atoms with van der Waals surface area (Å²) < 4.78 is 4.76. The average Bonchev–Trinajstić information content (AvgIpc) is 2.79. The Kier molecular flexibility index (Phi) is 7.26. The zero-order valence-corrected chi connectivity index (χ0v) is 12.7. The number of unbranched alkanes of at least 4 members (excludes halogenated alkanes) is 2. The molecule has 20 heavy (non-hydrogen) atoms. The van der Waals surface area contributed by atoms with Crippen molar-refractivity contribution in [3.63, 3.8) is 0 Å². The van der Waals surface area contributed by atoms with E-state index in [2.05, 4.69) is 12.1 Å². The maximum Gasteiger partial charge on any atom is 0.331 e. The first-order chi connectivity index (χ1) is 9.58. The second-order valence-corrected chi connectivity index (χ2v) is 5.35. The van der Waals surface area contributed by atoms with E-state index in [0.29, 0.717) is 6.42 Å². The lowest BCUT2D eigenvalue weighted by atomic mass is 9.87. The van der Waals surface area contributed by atoms with Gasteiger partial charge in [0.25, 0.3) is 0 Å². The van der Waals surface area contributed by atoms with Crippen molar-refractivity contribution in [1.29, 1.82) is 0 Å². The van der Waals surface area contributed by atoms with E-state index in [0.717, 1.165) is 37.8 Å². The van der Waals surface area contributed by atoms with Crippen LogP contribution >= 0.6 is 0 Å². The van der Waals surface area contributed by atoms with Gasteiger partial charge in [-0.2, -0.15) is 0 Å². The maximum absolute atomic E-state index is 11.5. The quantitative estimate of drug-likeness (QED) is 0.312. The standard InChI is InChI=1S/C15H25NO4/c1-4-5-6-7-13-12(10-15(18)19-3)8-9-14(13)16-20-11(2)17/h12-13H,4-10H2,1-3H3/t12-,13-/m0/s1. The molecule has 0 heterocycles. The molecule has 0 spiro atoms. The van der Waals surface area contributed by atoms with Gasteiger partial charge in [0.2, 0.25) is 0 Å². The van der Waals surface area contributed by atoms with Crippen molar-refractivity contribution in [3.05, 3.63) is 0 Å². The number of ether oxygens (including phenoxy) is 1. The summed E-state index contributed by atoms with van der Waals surface area (Å²) in [5, 5.41) is 3.98. The first kappa shape index (κ1) is 16.7. The molecule has 0 radical (unpaired) electrons. The summed E-state index contributed by atoms with van der Waals surface area (Å²) in [7, 11) is 1.41. The highest BCUT2D eigenvalue weighted by atomic mass is 16.7. The van der Waals surface area contributed by atoms with E-state index in [-0.39, 0.29) is 17.8 Å². The van der Waals surface area contributed by atoms with Gasteiger partial charge in [-0.15, -0.1) is 0 Å². The lowest BCUT2D eigenvalue weighted by molar-refractivity contribution is -0.142. The van der Waals surface area contributed by atoms with Crippen LogP contribution in [0.2, 0.25) is 0 Å². The smallest absolute Gasteiger partial charge is 0.331 e. The predicted molar refractivity (Wildman–Crippen MR) is 76.2 cm³/mol. The fraction of sp³-hybridized carbons (Fsp3) is 0.800. The highest BCUT2D eigenvalue weighted by Crippen LogP contribution is 2.36. The Morgan fingerprint density at radius 1 is 1.35 bits per heavy atom. The van der Waals surface area contributed by atoms with Gasteiger partial charge in [0, 0.05) is 19.3 Å². The molecule has 1 aliphatic carbocycles. The number of carbonyl (C=O) groups is 2. The highest BCUT2D eigenvalue weighted by molar-refractivity contribution is 5.89. The van der Waals surface area contributed by atoms with E-state index in [4.69, 9.17) is 9.57 Å². The summed E-state index contributed by atoms with van der Waals surface area (Å²) in [4.78, 5) is 27.1. The molecule has 0 aromatic carbocycles. The van der Waals surface area contributed by atoms with Crippen LogP contribution in [0.1, 0.15) is 58.8 Å². The summed E-state index contributed by atoms with van der Waals surface area (Å²) >= 11 is 0. The molecule has 1 aliphatic rings. The Morgan fingerprint density at radius 2 is 2.10 bits per heavy atom. The van der Waals surface area contributed by atoms with Gasteiger partial charge in [0.05, 0.1) is 12.8 Å². The van der Waals surface area contributed by atoms with Crippen LogP contribution in [-0.2, 0) is 19.2 Å². The highest BCUT2D eigenvalue weighted by Gasteiger charge is 2.34. The van der Waals surface area contributed by atoms with Gasteiger partial charge in [0.1, 0.15) is 0 Å². The minimum Gasteiger partial charge on any atom is -0.469 e. The Bertz CT molecular complexity index is 365. The fourth-order valence-corrected chi connectivity index (χ4v) is 2.79. The third-order valence-electron chi connectivity index (χ3n) is 3.83. The molecule has 5 nitrogen and oxygen atoms in total. The number of esters is 1. The van der Waals surface area contributed by atoms with Crippen LogP contribution in [0, 0.1) is 11.8 Å². The Balaban J connectivity index is 2.67. The van der Waals surface area contributed by atoms with Gasteiger partial charge < -0.3 is 9.57 Å². The van der Waals surface area contributed by atoms with E-state index in [1.54, 1.807) is 0 Å². The van der Waals surface area contributed by atoms with E-state index in [9.17, 15) is 9.59 Å². The number of oxime groups is 1. The second-order valence-electron chi connectivity index (χ2n) is 5.35. The largest absolute Gasteiger partial charge is 0.469 e. The molecule has 2 atom stereocenters. The summed E-state index contributed by atoms with van der Waals surface area (Å²) in [5.41, 5.74) is 0.921. The number of nitrogens with zero attached hydrogens (tertiary/aromatic N) is 1. The summed E-state index contributed by atoms with van der Waals surface area (Å²) in [6, 6.07) is 0. The number of methoxy groups -OCH3 is 1. The van der Waals surface area contributed by atoms with Gasteiger partial charge in [-0.25, -0.2) is 4.79 Å². The van der Waals surface area contributed by atoms with Gasteiger partial charge in [-0.05, 0) is 25.2 Å². The van der Waals surface area contributed by atoms with Crippen molar-refractivity contribution >= 4 is 17.7 Å². The van der Waals surface area contributed by atoms with Crippen LogP contribution in [0.15, 0.2) is 5.16 Å². The van der Waals surface area contributed by atoms with Crippen molar-refractivity contribution in [2.24, 2.45) is 17.0 Å². The number of hydrogen-bond acceptors (Lipinski definition) is 5. The Morgan fingerprint density at radius 3 is 2.70 bits per heavy atom. The first-order valence-electron chi connectivity index (χ1n) is 7.39. The van der Waals surface area contributed by atoms with E-state index >= 15 is 0 Å². The van der Waals surface area contributed by atoms with Crippen molar-refractivity contribution in [3.8, 4) is 0 Å². The molecule has 0 amide bonds. The minimum atomic E-state index is -0.402. The maximum atomic E-state index is 11.5. The van der Waals surface area contributed by atoms with E-state index < -0.39 is 5.97 Å². The lowest BCUT2D eigenvalue weighted by Crippen LogP contribution is -2.19. The third-order valence-corrected chi connectivity index (χ3v) is 3.83. The van der Waals surface area contributed by atoms with Gasteiger partial charge >= 0.3 is 11.9 Å². The van der Waals surface area contributed by atoms with Crippen molar-refractivity contribution < 1.29 is 19.2 Å². The second kappa shape index (κ2) is 8.72. The third kappa shape index (κ3) is 5.31. The monoisotopic (exact) mass is 283 g/mol. The number of hydrogen-bond donors (Lipinski definition) is 0. The molecule has 5 heteroatoms. The van der Waals surface area contributed by atoms with Crippen molar-refractivity contribution in [1.82, 2.24) is 0 Å². The van der Waals surface area contributed by atoms with Crippen molar-refractivity contribution in [2.75, 3.05) is 7.11 Å². The van der Waals surface area contributed by atoms with E-state index in [1.165, 1.54) is 20.5 Å². The Labute approximate surface area is 120 Å². The molecule has 0 bridgehead atoms. The van der Waals surface area contributed by atoms with Crippen LogP contribution in [-0.4, -0.2) is 24.8 Å². The van der Waals surface area contributed by atoms with Crippen LogP contribution in [0.3, 0.4) is 0 Å². The topological polar surface area (TPSA) is 65.0 Å². The molecule has 0 aromatic heterocycles. The first-order valence-corrected chi connectivity index (χ1v) is 7.39. The molecule has 1 rings (SSSR count). The zero-order valence-electron chi connectivity index (χ0n) is 12.7. The molecule has 0 aromatic rings. The molecule has 1 saturated carbocycles. The SMILES string of the molecule is CCCCC[C@@H]1C(=NOC(C)=O)CC[C@H]1CC(=O)OC.